The van der Waals surface area contributed by atoms with Crippen LogP contribution in [-0.2, 0) is 26.2 Å². The van der Waals surface area contributed by atoms with Crippen LogP contribution < -0.4 is 9.62 Å². The molecule has 196 valence electrons. The summed E-state index contributed by atoms with van der Waals surface area (Å²) in [4.78, 5) is 28.2. The summed E-state index contributed by atoms with van der Waals surface area (Å²) in [6, 6.07) is 20.4. The van der Waals surface area contributed by atoms with Crippen LogP contribution >= 0.6 is 23.2 Å². The number of para-hydroxylation sites is 1. The number of hydrogen-bond acceptors (Lipinski definition) is 4. The van der Waals surface area contributed by atoms with Crippen LogP contribution in [-0.4, -0.2) is 44.3 Å². The zero-order valence-electron chi connectivity index (χ0n) is 20.6. The van der Waals surface area contributed by atoms with Gasteiger partial charge in [-0.3, -0.25) is 13.9 Å². The lowest BCUT2D eigenvalue weighted by Crippen LogP contribution is -2.52. The summed E-state index contributed by atoms with van der Waals surface area (Å²) in [5.74, 6) is -0.920. The molecule has 0 spiro atoms. The predicted octanol–water partition coefficient (Wildman–Crippen LogP) is 5.13. The molecule has 0 heterocycles. The average molecular weight is 563 g/mol. The van der Waals surface area contributed by atoms with E-state index in [0.717, 1.165) is 4.31 Å². The maximum atomic E-state index is 13.9. The lowest BCUT2D eigenvalue weighted by Gasteiger charge is -2.33. The van der Waals surface area contributed by atoms with Crippen LogP contribution in [0.5, 0.6) is 0 Å². The number of amides is 2. The fraction of sp³-hybridized carbons (Fsp3) is 0.259. The molecule has 7 nitrogen and oxygen atoms in total. The number of sulfonamides is 1. The Bertz CT molecular complexity index is 1300. The van der Waals surface area contributed by atoms with Crippen molar-refractivity contribution in [1.82, 2.24) is 10.2 Å². The van der Waals surface area contributed by atoms with Crippen molar-refractivity contribution in [3.63, 3.8) is 0 Å². The van der Waals surface area contributed by atoms with Gasteiger partial charge < -0.3 is 10.2 Å². The van der Waals surface area contributed by atoms with Crippen molar-refractivity contribution in [2.45, 2.75) is 37.8 Å². The molecule has 10 heteroatoms. The lowest BCUT2D eigenvalue weighted by molar-refractivity contribution is -0.140. The third kappa shape index (κ3) is 6.83. The van der Waals surface area contributed by atoms with Crippen LogP contribution in [0.2, 0.25) is 10.0 Å². The minimum atomic E-state index is -4.10. The summed E-state index contributed by atoms with van der Waals surface area (Å²) in [5, 5.41) is 3.44. The van der Waals surface area contributed by atoms with Gasteiger partial charge in [-0.2, -0.15) is 0 Å². The molecule has 0 unspecified atom stereocenters. The molecule has 0 fully saturated rings. The van der Waals surface area contributed by atoms with E-state index >= 15 is 0 Å². The summed E-state index contributed by atoms with van der Waals surface area (Å²) in [5.41, 5.74) is 0.792. The second-order valence-corrected chi connectivity index (χ2v) is 10.9. The van der Waals surface area contributed by atoms with E-state index in [0.29, 0.717) is 34.3 Å². The fourth-order valence-corrected chi connectivity index (χ4v) is 5.86. The highest BCUT2D eigenvalue weighted by molar-refractivity contribution is 7.92. The number of halogens is 2. The number of carbonyl (C=O) groups is 2. The zero-order chi connectivity index (χ0) is 27.0. The highest BCUT2D eigenvalue weighted by Crippen LogP contribution is 2.28. The van der Waals surface area contributed by atoms with Crippen LogP contribution in [0, 0.1) is 0 Å². The lowest BCUT2D eigenvalue weighted by atomic mass is 10.1. The maximum Gasteiger partial charge on any atom is 0.264 e. The van der Waals surface area contributed by atoms with Gasteiger partial charge in [0, 0.05) is 28.7 Å². The molecular weight excluding hydrogens is 533 g/mol. The standard InChI is InChI=1S/C27H29Cl2N3O4S/c1-3-25(27(34)30-4-2)31(18-22-23(28)16-11-17-24(22)29)26(33)19-32(20-12-7-5-8-13-20)37(35,36)21-14-9-6-10-15-21/h5-17,25H,3-4,18-19H2,1-2H3,(H,30,34)/t25-/m0/s1. The Morgan fingerprint density at radius 1 is 0.865 bits per heavy atom. The van der Waals surface area contributed by atoms with Crippen molar-refractivity contribution in [2.24, 2.45) is 0 Å². The minimum absolute atomic E-state index is 0.0446. The monoisotopic (exact) mass is 561 g/mol. The van der Waals surface area contributed by atoms with Gasteiger partial charge in [0.1, 0.15) is 12.6 Å². The van der Waals surface area contributed by atoms with Crippen LogP contribution in [0.25, 0.3) is 0 Å². The van der Waals surface area contributed by atoms with Gasteiger partial charge in [0.15, 0.2) is 0 Å². The van der Waals surface area contributed by atoms with E-state index in [-0.39, 0.29) is 17.3 Å². The molecule has 1 atom stereocenters. The smallest absolute Gasteiger partial charge is 0.264 e. The molecule has 0 aliphatic rings. The molecule has 1 N–H and O–H groups in total. The Kier molecular flexibility index (Phi) is 9.97. The van der Waals surface area contributed by atoms with Crippen LogP contribution in [0.4, 0.5) is 5.69 Å². The SMILES string of the molecule is CCNC(=O)[C@H](CC)N(Cc1c(Cl)cccc1Cl)C(=O)CN(c1ccccc1)S(=O)(=O)c1ccccc1. The van der Waals surface area contributed by atoms with Gasteiger partial charge in [-0.1, -0.05) is 72.6 Å². The quantitative estimate of drug-likeness (QED) is 0.351. The Morgan fingerprint density at radius 3 is 1.97 bits per heavy atom. The highest BCUT2D eigenvalue weighted by Gasteiger charge is 2.34. The molecule has 0 radical (unpaired) electrons. The van der Waals surface area contributed by atoms with Gasteiger partial charge in [-0.15, -0.1) is 0 Å². The van der Waals surface area contributed by atoms with Gasteiger partial charge in [-0.05, 0) is 49.7 Å². The summed E-state index contributed by atoms with van der Waals surface area (Å²) in [6.45, 7) is 3.35. The first-order chi connectivity index (χ1) is 17.7. The second-order valence-electron chi connectivity index (χ2n) is 8.20. The highest BCUT2D eigenvalue weighted by atomic mass is 35.5. The van der Waals surface area contributed by atoms with E-state index in [2.05, 4.69) is 5.32 Å². The first kappa shape index (κ1) is 28.5. The molecular formula is C27H29Cl2N3O4S. The molecule has 3 aromatic carbocycles. The topological polar surface area (TPSA) is 86.8 Å². The van der Waals surface area contributed by atoms with E-state index in [1.807, 2.05) is 0 Å². The van der Waals surface area contributed by atoms with E-state index in [1.165, 1.54) is 17.0 Å². The number of likely N-dealkylation sites (N-methyl/N-ethyl adjacent to an activating group) is 1. The minimum Gasteiger partial charge on any atom is -0.355 e. The Morgan fingerprint density at radius 2 is 1.43 bits per heavy atom. The molecule has 0 aliphatic carbocycles. The normalized spacial score (nSPS) is 12.0. The first-order valence-corrected chi connectivity index (χ1v) is 14.0. The third-order valence-electron chi connectivity index (χ3n) is 5.78. The van der Waals surface area contributed by atoms with E-state index in [1.54, 1.807) is 80.6 Å². The summed E-state index contributed by atoms with van der Waals surface area (Å²) in [7, 11) is -4.10. The molecule has 0 saturated heterocycles. The van der Waals surface area contributed by atoms with Gasteiger partial charge in [0.2, 0.25) is 11.8 Å². The van der Waals surface area contributed by atoms with E-state index in [9.17, 15) is 18.0 Å². The average Bonchev–Trinajstić information content (AvgIpc) is 2.89. The van der Waals surface area contributed by atoms with E-state index in [4.69, 9.17) is 23.2 Å². The molecule has 2 amide bonds. The van der Waals surface area contributed by atoms with Gasteiger partial charge >= 0.3 is 0 Å². The molecule has 0 aliphatic heterocycles. The van der Waals surface area contributed by atoms with Gasteiger partial charge in [0.05, 0.1) is 10.6 Å². The molecule has 3 aromatic rings. The summed E-state index contributed by atoms with van der Waals surface area (Å²) >= 11 is 12.8. The number of benzene rings is 3. The van der Waals surface area contributed by atoms with Crippen molar-refractivity contribution in [2.75, 3.05) is 17.4 Å². The van der Waals surface area contributed by atoms with Crippen molar-refractivity contribution < 1.29 is 18.0 Å². The molecule has 0 aromatic heterocycles. The number of nitrogens with zero attached hydrogens (tertiary/aromatic N) is 2. The first-order valence-electron chi connectivity index (χ1n) is 11.8. The Balaban J connectivity index is 2.06. The summed E-state index contributed by atoms with van der Waals surface area (Å²) < 4.78 is 28.4. The number of carbonyl (C=O) groups excluding carboxylic acids is 2. The summed E-state index contributed by atoms with van der Waals surface area (Å²) in [6.07, 6.45) is 0.302. The second kappa shape index (κ2) is 12.9. The van der Waals surface area contributed by atoms with Gasteiger partial charge in [0.25, 0.3) is 10.0 Å². The van der Waals surface area contributed by atoms with Crippen molar-refractivity contribution in [3.05, 3.63) is 94.5 Å². The Hall–Kier alpha value is -3.07. The maximum absolute atomic E-state index is 13.9. The zero-order valence-corrected chi connectivity index (χ0v) is 22.9. The number of hydrogen-bond donors (Lipinski definition) is 1. The van der Waals surface area contributed by atoms with Crippen LogP contribution in [0.15, 0.2) is 83.8 Å². The van der Waals surface area contributed by atoms with Crippen molar-refractivity contribution >= 4 is 50.7 Å². The molecule has 0 saturated carbocycles. The molecule has 37 heavy (non-hydrogen) atoms. The van der Waals surface area contributed by atoms with Crippen molar-refractivity contribution in [3.8, 4) is 0 Å². The van der Waals surface area contributed by atoms with Crippen LogP contribution in [0.3, 0.4) is 0 Å². The fourth-order valence-electron chi connectivity index (χ4n) is 3.91. The van der Waals surface area contributed by atoms with Crippen molar-refractivity contribution in [1.29, 1.82) is 0 Å². The predicted molar refractivity (Wildman–Crippen MR) is 147 cm³/mol. The Labute approximate surface area is 228 Å². The third-order valence-corrected chi connectivity index (χ3v) is 8.28. The number of rotatable bonds is 11. The number of nitrogens with one attached hydrogen (secondary N) is 1. The largest absolute Gasteiger partial charge is 0.355 e. The van der Waals surface area contributed by atoms with E-state index < -0.39 is 28.5 Å². The number of anilines is 1. The molecule has 3 rings (SSSR count). The van der Waals surface area contributed by atoms with Crippen LogP contribution in [0.1, 0.15) is 25.8 Å². The van der Waals surface area contributed by atoms with Gasteiger partial charge in [-0.25, -0.2) is 8.42 Å². The molecule has 0 bridgehead atoms.